The van der Waals surface area contributed by atoms with Gasteiger partial charge in [-0.05, 0) is 176 Å². The second-order valence-corrected chi connectivity index (χ2v) is 22.3. The van der Waals surface area contributed by atoms with E-state index in [1.165, 1.54) is 35.1 Å². The number of anilines is 4. The fourth-order valence-corrected chi connectivity index (χ4v) is 11.5. The highest BCUT2D eigenvalue weighted by molar-refractivity contribution is 7.15. The summed E-state index contributed by atoms with van der Waals surface area (Å²) in [4.78, 5) is 53.1. The van der Waals surface area contributed by atoms with E-state index in [2.05, 4.69) is 44.4 Å². The summed E-state index contributed by atoms with van der Waals surface area (Å²) >= 11 is 2.85. The van der Waals surface area contributed by atoms with Gasteiger partial charge in [-0.1, -0.05) is 26.7 Å². The number of unbranched alkanes of at least 4 members (excludes halogenated alkanes) is 2. The molecule has 0 amide bonds. The van der Waals surface area contributed by atoms with Crippen LogP contribution in [0, 0.1) is 63.0 Å². The van der Waals surface area contributed by atoms with Gasteiger partial charge in [0.1, 0.15) is 56.1 Å². The highest BCUT2D eigenvalue weighted by Crippen LogP contribution is 2.45. The number of hydrogen-bond acceptors (Lipinski definition) is 16. The minimum atomic E-state index is -1.10. The predicted octanol–water partition coefficient (Wildman–Crippen LogP) is 12.9. The first kappa shape index (κ1) is 55.9. The quantitative estimate of drug-likeness (QED) is 0.0469. The Morgan fingerprint density at radius 3 is 1.31 bits per heavy atom. The largest absolute Gasteiger partial charge is 0.465 e. The van der Waals surface area contributed by atoms with Gasteiger partial charge in [0.25, 0.3) is 0 Å². The monoisotopic (exact) mass is 1050 g/mol. The smallest absolute Gasteiger partial charge is 0.308 e. The molecule has 18 heteroatoms. The van der Waals surface area contributed by atoms with E-state index in [1.54, 1.807) is 38.4 Å². The SMILES string of the molecule is CCCCOC(=O)C1CCC([C@@](C)(O)c2ncc(-c3cc(C)cc(Nc4cc(C)c(F)cn4)n3)s2)CC1.CCCCOC(=O)C1CCC([C@](C)(O)c2ncc(-c3cc(C)cc(Nc4cc(C)c(F)cn4)n3)s2)CC1. The Bertz CT molecular complexity index is 2670. The van der Waals surface area contributed by atoms with Gasteiger partial charge in [0, 0.05) is 12.4 Å². The molecule has 14 nitrogen and oxygen atoms in total. The van der Waals surface area contributed by atoms with Gasteiger partial charge in [-0.25, -0.2) is 38.7 Å². The second kappa shape index (κ2) is 25.1. The number of hydrogen-bond donors (Lipinski definition) is 4. The van der Waals surface area contributed by atoms with Crippen molar-refractivity contribution in [1.29, 1.82) is 0 Å². The first-order valence-corrected chi connectivity index (χ1v) is 27.4. The number of thiazole rings is 2. The molecular weight excluding hydrogens is 983 g/mol. The molecular formula is C56H70F2N8O6S2. The molecule has 8 rings (SSSR count). The number of nitrogens with zero attached hydrogens (tertiary/aromatic N) is 6. The lowest BCUT2D eigenvalue weighted by Gasteiger charge is -2.36. The van der Waals surface area contributed by atoms with Crippen molar-refractivity contribution in [3.63, 3.8) is 0 Å². The summed E-state index contributed by atoms with van der Waals surface area (Å²) in [6.45, 7) is 16.1. The summed E-state index contributed by atoms with van der Waals surface area (Å²) < 4.78 is 38.0. The van der Waals surface area contributed by atoms with Crippen molar-refractivity contribution in [2.24, 2.45) is 23.7 Å². The number of aliphatic hydroxyl groups is 2. The van der Waals surface area contributed by atoms with E-state index in [9.17, 15) is 28.6 Å². The number of rotatable bonds is 18. The number of aryl methyl sites for hydroxylation is 4. The molecule has 2 saturated carbocycles. The molecule has 2 atom stereocenters. The van der Waals surface area contributed by atoms with Crippen molar-refractivity contribution in [1.82, 2.24) is 29.9 Å². The first-order chi connectivity index (χ1) is 35.3. The van der Waals surface area contributed by atoms with Gasteiger partial charge in [-0.15, -0.1) is 22.7 Å². The number of carbonyl (C=O) groups is 2. The van der Waals surface area contributed by atoms with Crippen LogP contribution in [0.3, 0.4) is 0 Å². The van der Waals surface area contributed by atoms with E-state index in [-0.39, 0.29) is 47.2 Å². The molecule has 0 unspecified atom stereocenters. The molecule has 6 heterocycles. The molecule has 6 aromatic heterocycles. The van der Waals surface area contributed by atoms with Gasteiger partial charge in [-0.3, -0.25) is 9.59 Å². The summed E-state index contributed by atoms with van der Waals surface area (Å²) in [6.07, 6.45) is 15.5. The number of aromatic nitrogens is 6. The highest BCUT2D eigenvalue weighted by Gasteiger charge is 2.42. The maximum absolute atomic E-state index is 13.6. The maximum Gasteiger partial charge on any atom is 0.308 e. The molecule has 0 aromatic carbocycles. The molecule has 0 bridgehead atoms. The highest BCUT2D eigenvalue weighted by atomic mass is 32.1. The van der Waals surface area contributed by atoms with Crippen molar-refractivity contribution in [2.45, 2.75) is 144 Å². The number of ether oxygens (including phenoxy) is 2. The predicted molar refractivity (Wildman–Crippen MR) is 286 cm³/mol. The Hall–Kier alpha value is -5.82. The molecule has 2 fully saturated rings. The number of nitrogens with one attached hydrogen (secondary N) is 2. The van der Waals surface area contributed by atoms with Gasteiger partial charge < -0.3 is 30.3 Å². The van der Waals surface area contributed by atoms with Crippen LogP contribution in [0.2, 0.25) is 0 Å². The number of carbonyl (C=O) groups excluding carboxylic acids is 2. The summed E-state index contributed by atoms with van der Waals surface area (Å²) in [5.74, 6) is 1.16. The van der Waals surface area contributed by atoms with Crippen molar-refractivity contribution >= 4 is 57.9 Å². The van der Waals surface area contributed by atoms with Gasteiger partial charge in [0.05, 0.1) is 58.6 Å². The van der Waals surface area contributed by atoms with Gasteiger partial charge >= 0.3 is 11.9 Å². The minimum absolute atomic E-state index is 0.0154. The Kier molecular flexibility index (Phi) is 19.0. The zero-order valence-corrected chi connectivity index (χ0v) is 45.4. The lowest BCUT2D eigenvalue weighted by Crippen LogP contribution is -2.36. The second-order valence-electron chi connectivity index (χ2n) is 20.2. The van der Waals surface area contributed by atoms with Crippen LogP contribution in [-0.4, -0.2) is 65.3 Å². The van der Waals surface area contributed by atoms with Gasteiger partial charge in [0.2, 0.25) is 0 Å². The molecule has 4 N–H and O–H groups in total. The topological polar surface area (TPSA) is 194 Å². The van der Waals surface area contributed by atoms with Gasteiger partial charge in [-0.2, -0.15) is 0 Å². The van der Waals surface area contributed by atoms with Crippen LogP contribution in [-0.2, 0) is 30.3 Å². The van der Waals surface area contributed by atoms with Crippen molar-refractivity contribution in [3.05, 3.63) is 105 Å². The van der Waals surface area contributed by atoms with E-state index in [1.807, 2.05) is 52.0 Å². The number of halogens is 2. The summed E-state index contributed by atoms with van der Waals surface area (Å²) in [5, 5.41) is 30.5. The van der Waals surface area contributed by atoms with Crippen LogP contribution in [0.25, 0.3) is 21.1 Å². The Morgan fingerprint density at radius 2 is 0.959 bits per heavy atom. The zero-order valence-electron chi connectivity index (χ0n) is 43.8. The van der Waals surface area contributed by atoms with E-state index in [4.69, 9.17) is 19.4 Å². The van der Waals surface area contributed by atoms with Crippen LogP contribution in [0.1, 0.15) is 137 Å². The van der Waals surface area contributed by atoms with Gasteiger partial charge in [0.15, 0.2) is 0 Å². The molecule has 396 valence electrons. The Balaban J connectivity index is 0.000000216. The molecule has 6 aromatic rings. The van der Waals surface area contributed by atoms with Crippen LogP contribution in [0.5, 0.6) is 0 Å². The van der Waals surface area contributed by atoms with Crippen LogP contribution in [0.4, 0.5) is 32.1 Å². The van der Waals surface area contributed by atoms with E-state index < -0.39 is 11.2 Å². The average molecular weight is 1050 g/mol. The van der Waals surface area contributed by atoms with E-state index in [0.29, 0.717) is 57.6 Å². The minimum Gasteiger partial charge on any atom is -0.465 e. The normalized spacial score (nSPS) is 19.3. The number of pyridine rings is 4. The lowest BCUT2D eigenvalue weighted by atomic mass is 9.74. The fraction of sp³-hybridized carbons (Fsp3) is 0.500. The molecule has 74 heavy (non-hydrogen) atoms. The van der Waals surface area contributed by atoms with Crippen LogP contribution in [0.15, 0.2) is 61.2 Å². The third-order valence-corrected chi connectivity index (χ3v) is 16.6. The molecule has 0 saturated heterocycles. The number of esters is 2. The van der Waals surface area contributed by atoms with Crippen molar-refractivity contribution < 1.29 is 38.1 Å². The van der Waals surface area contributed by atoms with Crippen molar-refractivity contribution in [3.8, 4) is 21.1 Å². The zero-order chi connectivity index (χ0) is 53.2. The van der Waals surface area contributed by atoms with Crippen LogP contribution < -0.4 is 10.6 Å². The Labute approximate surface area is 441 Å². The third kappa shape index (κ3) is 14.3. The summed E-state index contributed by atoms with van der Waals surface area (Å²) in [7, 11) is 0. The molecule has 2 aliphatic carbocycles. The van der Waals surface area contributed by atoms with E-state index in [0.717, 1.165) is 109 Å². The van der Waals surface area contributed by atoms with Crippen molar-refractivity contribution in [2.75, 3.05) is 23.8 Å². The average Bonchev–Trinajstić information content (AvgIpc) is 4.10. The molecule has 2 aliphatic rings. The summed E-state index contributed by atoms with van der Waals surface area (Å²) in [6, 6.07) is 11.0. The summed E-state index contributed by atoms with van der Waals surface area (Å²) in [5.41, 5.74) is 2.28. The third-order valence-electron chi connectivity index (χ3n) is 14.1. The van der Waals surface area contributed by atoms with E-state index >= 15 is 0 Å². The molecule has 0 radical (unpaired) electrons. The molecule has 0 spiro atoms. The Morgan fingerprint density at radius 1 is 0.581 bits per heavy atom. The fourth-order valence-electron chi connectivity index (χ4n) is 9.45. The molecule has 0 aliphatic heterocycles. The van der Waals surface area contributed by atoms with Crippen LogP contribution >= 0.6 is 22.7 Å². The lowest BCUT2D eigenvalue weighted by molar-refractivity contribution is -0.152. The first-order valence-electron chi connectivity index (χ1n) is 25.8. The standard InChI is InChI=1S/2C28H35FN4O3S/c2*1-5-6-11-36-26(34)19-7-9-20(10-8-19)28(4,35)27-31-16-23(37-27)22-12-17(2)13-25(32-22)33-24-14-18(3)21(29)15-30-24/h2*12-16,19-20,35H,5-11H2,1-4H3,(H,30,32,33)/t2*19?,20?,28-/m10/s1. The maximum atomic E-state index is 13.6.